The molecule has 10 nitrogen and oxygen atoms in total. The number of hydrazone groups is 1. The maximum absolute atomic E-state index is 12.6. The summed E-state index contributed by atoms with van der Waals surface area (Å²) in [5, 5.41) is 12.2. The summed E-state index contributed by atoms with van der Waals surface area (Å²) in [6, 6.07) is 13.0. The first kappa shape index (κ1) is 26.4. The van der Waals surface area contributed by atoms with E-state index in [1.165, 1.54) is 5.01 Å². The highest BCUT2D eigenvalue weighted by Gasteiger charge is 2.22. The summed E-state index contributed by atoms with van der Waals surface area (Å²) in [7, 11) is 1.61. The fraction of sp³-hybridized carbons (Fsp3) is 0.444. The van der Waals surface area contributed by atoms with Gasteiger partial charge in [0.1, 0.15) is 6.61 Å². The minimum Gasteiger partial charge on any atom is -0.493 e. The van der Waals surface area contributed by atoms with Crippen molar-refractivity contribution in [2.75, 3.05) is 58.4 Å². The summed E-state index contributed by atoms with van der Waals surface area (Å²) < 4.78 is 16.4. The van der Waals surface area contributed by atoms with Gasteiger partial charge in [0.25, 0.3) is 0 Å². The minimum absolute atomic E-state index is 0.0300. The number of benzene rings is 2. The smallest absolute Gasteiger partial charge is 0.411 e. The Morgan fingerprint density at radius 1 is 1.08 bits per heavy atom. The lowest BCUT2D eigenvalue weighted by molar-refractivity contribution is -0.132. The molecule has 0 spiro atoms. The second-order valence-corrected chi connectivity index (χ2v) is 8.85. The maximum atomic E-state index is 12.6. The second-order valence-electron chi connectivity index (χ2n) is 8.85. The first-order valence-corrected chi connectivity index (χ1v) is 12.7. The summed E-state index contributed by atoms with van der Waals surface area (Å²) in [5.41, 5.74) is 3.26. The van der Waals surface area contributed by atoms with Crippen LogP contribution in [0.1, 0.15) is 30.9 Å². The Bertz CT molecular complexity index is 1100. The lowest BCUT2D eigenvalue weighted by atomic mass is 10.0. The van der Waals surface area contributed by atoms with E-state index >= 15 is 0 Å². The lowest BCUT2D eigenvalue weighted by Gasteiger charge is -2.26. The molecule has 0 radical (unpaired) electrons. The number of carbonyl (C=O) groups excluding carboxylic acids is 2. The molecule has 10 heteroatoms. The van der Waals surface area contributed by atoms with E-state index in [9.17, 15) is 9.59 Å². The number of nitrogens with one attached hydrogen (secondary N) is 2. The molecule has 2 aliphatic rings. The van der Waals surface area contributed by atoms with E-state index in [0.29, 0.717) is 49.8 Å². The number of hydrogen-bond acceptors (Lipinski definition) is 8. The molecule has 2 N–H and O–H groups in total. The van der Waals surface area contributed by atoms with Crippen molar-refractivity contribution in [1.29, 1.82) is 0 Å². The molecule has 4 rings (SSSR count). The van der Waals surface area contributed by atoms with E-state index in [0.717, 1.165) is 49.6 Å². The van der Waals surface area contributed by atoms with Crippen molar-refractivity contribution in [3.05, 3.63) is 53.6 Å². The topological polar surface area (TPSA) is 105 Å². The normalized spacial score (nSPS) is 16.2. The number of nitrogens with zero attached hydrogens (tertiary/aromatic N) is 3. The van der Waals surface area contributed by atoms with Crippen LogP contribution in [0.2, 0.25) is 0 Å². The van der Waals surface area contributed by atoms with Crippen LogP contribution in [0.5, 0.6) is 11.5 Å². The van der Waals surface area contributed by atoms with Gasteiger partial charge in [-0.25, -0.2) is 9.80 Å². The molecule has 0 unspecified atom stereocenters. The summed E-state index contributed by atoms with van der Waals surface area (Å²) in [4.78, 5) is 27.0. The zero-order valence-electron chi connectivity index (χ0n) is 21.5. The molecule has 2 heterocycles. The minimum atomic E-state index is -0.478. The third-order valence-electron chi connectivity index (χ3n) is 6.28. The average molecular weight is 510 g/mol. The van der Waals surface area contributed by atoms with Crippen LogP contribution >= 0.6 is 0 Å². The summed E-state index contributed by atoms with van der Waals surface area (Å²) >= 11 is 0. The van der Waals surface area contributed by atoms with E-state index in [-0.39, 0.29) is 5.91 Å². The summed E-state index contributed by atoms with van der Waals surface area (Å²) in [6.45, 7) is 7.71. The number of carbonyl (C=O) groups is 2. The number of amides is 2. The number of piperazine rings is 1. The fourth-order valence-electron chi connectivity index (χ4n) is 4.28. The Morgan fingerprint density at radius 3 is 2.59 bits per heavy atom. The van der Waals surface area contributed by atoms with Gasteiger partial charge in [0.15, 0.2) is 11.5 Å². The molecule has 1 saturated heterocycles. The highest BCUT2D eigenvalue weighted by atomic mass is 16.5. The molecule has 2 aromatic rings. The molecule has 2 aromatic carbocycles. The Labute approximate surface area is 217 Å². The van der Waals surface area contributed by atoms with Gasteiger partial charge >= 0.3 is 6.09 Å². The van der Waals surface area contributed by atoms with Crippen LogP contribution in [0, 0.1) is 0 Å². The van der Waals surface area contributed by atoms with Crippen molar-refractivity contribution < 1.29 is 23.8 Å². The Morgan fingerprint density at radius 2 is 1.86 bits per heavy atom. The van der Waals surface area contributed by atoms with Crippen molar-refractivity contribution in [1.82, 2.24) is 15.2 Å². The van der Waals surface area contributed by atoms with Crippen molar-refractivity contribution in [2.45, 2.75) is 26.3 Å². The summed E-state index contributed by atoms with van der Waals surface area (Å²) in [6.07, 6.45) is 0.468. The van der Waals surface area contributed by atoms with Crippen LogP contribution in [-0.4, -0.2) is 80.7 Å². The van der Waals surface area contributed by atoms with Gasteiger partial charge in [0.05, 0.1) is 26.0 Å². The molecule has 198 valence electrons. The average Bonchev–Trinajstić information content (AvgIpc) is 2.92. The van der Waals surface area contributed by atoms with Crippen LogP contribution in [0.3, 0.4) is 0 Å². The predicted molar refractivity (Wildman–Crippen MR) is 141 cm³/mol. The van der Waals surface area contributed by atoms with Gasteiger partial charge in [0, 0.05) is 56.8 Å². The SMILES string of the molecule is CCOc1cc(C2=NN(Cc3ccc(NC(=O)OCCN4CCNCC4)cc3)C(=O)CC2)ccc1OC. The first-order valence-electron chi connectivity index (χ1n) is 12.7. The number of rotatable bonds is 10. The zero-order valence-corrected chi connectivity index (χ0v) is 21.5. The van der Waals surface area contributed by atoms with Crippen LogP contribution < -0.4 is 20.1 Å². The van der Waals surface area contributed by atoms with E-state index in [4.69, 9.17) is 14.2 Å². The number of hydrogen-bond donors (Lipinski definition) is 2. The van der Waals surface area contributed by atoms with Crippen molar-refractivity contribution in [3.8, 4) is 11.5 Å². The lowest BCUT2D eigenvalue weighted by Crippen LogP contribution is -2.44. The van der Waals surface area contributed by atoms with Gasteiger partial charge in [-0.2, -0.15) is 5.10 Å². The van der Waals surface area contributed by atoms with Gasteiger partial charge in [-0.15, -0.1) is 0 Å². The molecule has 0 bridgehead atoms. The summed E-state index contributed by atoms with van der Waals surface area (Å²) in [5.74, 6) is 1.28. The monoisotopic (exact) mass is 509 g/mol. The highest BCUT2D eigenvalue weighted by molar-refractivity contribution is 6.04. The predicted octanol–water partition coefficient (Wildman–Crippen LogP) is 3.07. The Hall–Kier alpha value is -3.63. The van der Waals surface area contributed by atoms with E-state index in [1.807, 2.05) is 37.3 Å². The van der Waals surface area contributed by atoms with Crippen molar-refractivity contribution >= 4 is 23.4 Å². The second kappa shape index (κ2) is 13.1. The van der Waals surface area contributed by atoms with Gasteiger partial charge < -0.3 is 19.5 Å². The van der Waals surface area contributed by atoms with Crippen LogP contribution in [0.25, 0.3) is 0 Å². The molecule has 0 saturated carbocycles. The standard InChI is InChI=1S/C27H35N5O5/c1-3-36-25-18-21(6-10-24(25)35-2)23-9-11-26(33)32(30-23)19-20-4-7-22(8-5-20)29-27(34)37-17-16-31-14-12-28-13-15-31/h4-8,10,18,28H,3,9,11-17,19H2,1-2H3,(H,29,34). The molecule has 1 fully saturated rings. The number of methoxy groups -OCH3 is 1. The van der Waals surface area contributed by atoms with E-state index < -0.39 is 6.09 Å². The van der Waals surface area contributed by atoms with Crippen LogP contribution in [0.15, 0.2) is 47.6 Å². The first-order chi connectivity index (χ1) is 18.1. The fourth-order valence-corrected chi connectivity index (χ4v) is 4.28. The number of ether oxygens (including phenoxy) is 3. The Balaban J connectivity index is 1.32. The van der Waals surface area contributed by atoms with Gasteiger partial charge in [-0.1, -0.05) is 12.1 Å². The molecule has 2 aliphatic heterocycles. The molecule has 0 aliphatic carbocycles. The third-order valence-corrected chi connectivity index (χ3v) is 6.28. The molecule has 0 atom stereocenters. The molecule has 0 aromatic heterocycles. The molecule has 37 heavy (non-hydrogen) atoms. The largest absolute Gasteiger partial charge is 0.493 e. The molecule has 2 amide bonds. The van der Waals surface area contributed by atoms with Crippen LogP contribution in [0.4, 0.5) is 10.5 Å². The zero-order chi connectivity index (χ0) is 26.0. The maximum Gasteiger partial charge on any atom is 0.411 e. The van der Waals surface area contributed by atoms with Gasteiger partial charge in [-0.3, -0.25) is 15.0 Å². The van der Waals surface area contributed by atoms with Gasteiger partial charge in [-0.05, 0) is 42.8 Å². The third kappa shape index (κ3) is 7.43. The Kier molecular flexibility index (Phi) is 9.34. The quantitative estimate of drug-likeness (QED) is 0.507. The van der Waals surface area contributed by atoms with E-state index in [1.54, 1.807) is 19.2 Å². The van der Waals surface area contributed by atoms with Crippen molar-refractivity contribution in [3.63, 3.8) is 0 Å². The van der Waals surface area contributed by atoms with Crippen molar-refractivity contribution in [2.24, 2.45) is 5.10 Å². The van der Waals surface area contributed by atoms with E-state index in [2.05, 4.69) is 20.6 Å². The van der Waals surface area contributed by atoms with Crippen LogP contribution in [-0.2, 0) is 16.1 Å². The van der Waals surface area contributed by atoms with Gasteiger partial charge in [0.2, 0.25) is 5.91 Å². The molecular formula is C27H35N5O5. The molecular weight excluding hydrogens is 474 g/mol. The highest BCUT2D eigenvalue weighted by Crippen LogP contribution is 2.30. The number of anilines is 1.